The molecule has 2 aliphatic rings. The van der Waals surface area contributed by atoms with Crippen LogP contribution in [0.5, 0.6) is 0 Å². The van der Waals surface area contributed by atoms with Crippen molar-refractivity contribution in [2.24, 2.45) is 4.99 Å². The molecule has 6 heteroatoms. The van der Waals surface area contributed by atoms with Gasteiger partial charge in [0, 0.05) is 42.0 Å². The Morgan fingerprint density at radius 3 is 3.00 bits per heavy atom. The van der Waals surface area contributed by atoms with Crippen molar-refractivity contribution in [2.75, 3.05) is 26.3 Å². The van der Waals surface area contributed by atoms with Gasteiger partial charge in [-0.15, -0.1) is 0 Å². The normalized spacial score (nSPS) is 19.1. The number of hydrogen-bond acceptors (Lipinski definition) is 4. The first-order valence-electron chi connectivity index (χ1n) is 9.89. The number of hydrogen-bond donors (Lipinski definition) is 2. The number of aromatic amines is 1. The van der Waals surface area contributed by atoms with Crippen LogP contribution in [0.4, 0.5) is 0 Å². The summed E-state index contributed by atoms with van der Waals surface area (Å²) in [6.07, 6.45) is 5.80. The molecule has 0 spiro atoms. The molecule has 0 unspecified atom stereocenters. The second kappa shape index (κ2) is 7.32. The van der Waals surface area contributed by atoms with Crippen LogP contribution >= 0.6 is 11.6 Å². The van der Waals surface area contributed by atoms with Crippen molar-refractivity contribution in [3.05, 3.63) is 51.8 Å². The summed E-state index contributed by atoms with van der Waals surface area (Å²) in [5, 5.41) is 5.38. The van der Waals surface area contributed by atoms with Crippen LogP contribution in [0.3, 0.4) is 0 Å². The van der Waals surface area contributed by atoms with Crippen LogP contribution in [-0.4, -0.2) is 42.5 Å². The van der Waals surface area contributed by atoms with E-state index in [0.717, 1.165) is 54.7 Å². The average molecular weight is 395 g/mol. The molecule has 0 bridgehead atoms. The van der Waals surface area contributed by atoms with Gasteiger partial charge in [0.05, 0.1) is 19.3 Å². The van der Waals surface area contributed by atoms with Crippen LogP contribution in [0.1, 0.15) is 35.2 Å². The zero-order valence-electron chi connectivity index (χ0n) is 15.9. The summed E-state index contributed by atoms with van der Waals surface area (Å²) in [7, 11) is 0. The molecule has 0 saturated carbocycles. The minimum atomic E-state index is 0.191. The molecule has 0 radical (unpaired) electrons. The maximum atomic E-state index is 6.36. The molecule has 4 heterocycles. The molecule has 2 aliphatic heterocycles. The number of pyridine rings is 1. The second-order valence-electron chi connectivity index (χ2n) is 7.40. The Labute approximate surface area is 169 Å². The summed E-state index contributed by atoms with van der Waals surface area (Å²) in [5.74, 6) is 0. The molecule has 1 atom stereocenters. The fourth-order valence-electron chi connectivity index (χ4n) is 4.26. The van der Waals surface area contributed by atoms with Gasteiger partial charge in [0.15, 0.2) is 0 Å². The van der Waals surface area contributed by atoms with E-state index in [0.29, 0.717) is 11.8 Å². The molecule has 0 amide bonds. The number of aliphatic imine (C=N–C) groups is 1. The van der Waals surface area contributed by atoms with Crippen molar-refractivity contribution in [1.29, 1.82) is 0 Å². The molecule has 2 N–H and O–H groups in total. The van der Waals surface area contributed by atoms with Gasteiger partial charge >= 0.3 is 0 Å². The number of morpholine rings is 1. The highest BCUT2D eigenvalue weighted by atomic mass is 35.5. The predicted molar refractivity (Wildman–Crippen MR) is 114 cm³/mol. The lowest BCUT2D eigenvalue weighted by atomic mass is 9.89. The van der Waals surface area contributed by atoms with Crippen molar-refractivity contribution in [3.8, 4) is 11.1 Å². The van der Waals surface area contributed by atoms with Crippen LogP contribution < -0.4 is 5.32 Å². The van der Waals surface area contributed by atoms with Crippen molar-refractivity contribution >= 4 is 28.8 Å². The number of halogens is 1. The molecular weight excluding hydrogens is 372 g/mol. The number of aromatic nitrogens is 2. The Kier molecular flexibility index (Phi) is 4.67. The lowest BCUT2D eigenvalue weighted by Crippen LogP contribution is -2.35. The highest BCUT2D eigenvalue weighted by Gasteiger charge is 2.22. The predicted octanol–water partition coefficient (Wildman–Crippen LogP) is 4.08. The molecule has 3 aromatic rings. The molecule has 5 nitrogen and oxygen atoms in total. The molecule has 28 heavy (non-hydrogen) atoms. The Morgan fingerprint density at radius 2 is 2.18 bits per heavy atom. The highest BCUT2D eigenvalue weighted by molar-refractivity contribution is 6.31. The van der Waals surface area contributed by atoms with Crippen LogP contribution in [0.15, 0.2) is 29.4 Å². The topological polar surface area (TPSA) is 62.3 Å². The SMILES string of the molecule is CCc1c(Cl)[nH]c2ncc(-c3cc4c(c([C@@H]5COCCN5)c3)C=NCC4)cc12. The first kappa shape index (κ1) is 17.9. The molecule has 144 valence electrons. The van der Waals surface area contributed by atoms with E-state index in [9.17, 15) is 0 Å². The molecule has 5 rings (SSSR count). The lowest BCUT2D eigenvalue weighted by Gasteiger charge is -2.28. The second-order valence-corrected chi connectivity index (χ2v) is 7.77. The quantitative estimate of drug-likeness (QED) is 0.703. The van der Waals surface area contributed by atoms with E-state index < -0.39 is 0 Å². The van der Waals surface area contributed by atoms with Gasteiger partial charge in [-0.25, -0.2) is 4.98 Å². The van der Waals surface area contributed by atoms with Gasteiger partial charge in [0.1, 0.15) is 10.8 Å². The third-order valence-electron chi connectivity index (χ3n) is 5.72. The highest BCUT2D eigenvalue weighted by Crippen LogP contribution is 2.33. The molecule has 0 aliphatic carbocycles. The zero-order chi connectivity index (χ0) is 19.1. The standard InChI is InChI=1S/C22H23ClN4O/c1-2-16-18-9-15(10-26-22(18)27-21(16)23)14-7-13-3-4-24-11-19(13)17(8-14)20-12-28-6-5-25-20/h7-11,20,25H,2-6,12H2,1H3,(H,26,27)/t20-/m0/s1. The van der Waals surface area contributed by atoms with Gasteiger partial charge in [0.25, 0.3) is 0 Å². The Morgan fingerprint density at radius 1 is 1.25 bits per heavy atom. The third-order valence-corrected chi connectivity index (χ3v) is 6.04. The van der Waals surface area contributed by atoms with Gasteiger partial charge in [0.2, 0.25) is 0 Å². The number of aryl methyl sites for hydroxylation is 1. The Balaban J connectivity index is 1.65. The Bertz CT molecular complexity index is 1070. The van der Waals surface area contributed by atoms with E-state index in [1.165, 1.54) is 22.3 Å². The molecule has 2 aromatic heterocycles. The number of fused-ring (bicyclic) bond motifs is 2. The number of nitrogens with one attached hydrogen (secondary N) is 2. The maximum Gasteiger partial charge on any atom is 0.138 e. The Hall–Kier alpha value is -2.21. The van der Waals surface area contributed by atoms with Gasteiger partial charge < -0.3 is 15.0 Å². The molecule has 1 saturated heterocycles. The van der Waals surface area contributed by atoms with Crippen LogP contribution in [0, 0.1) is 0 Å². The van der Waals surface area contributed by atoms with E-state index >= 15 is 0 Å². The monoisotopic (exact) mass is 394 g/mol. The van der Waals surface area contributed by atoms with Crippen molar-refractivity contribution < 1.29 is 4.74 Å². The smallest absolute Gasteiger partial charge is 0.138 e. The summed E-state index contributed by atoms with van der Waals surface area (Å²) in [5.41, 5.74) is 8.12. The molecular formula is C22H23ClN4O. The van der Waals surface area contributed by atoms with Gasteiger partial charge in [-0.3, -0.25) is 4.99 Å². The third kappa shape index (κ3) is 3.04. The molecule has 1 aromatic carbocycles. The number of rotatable bonds is 3. The van der Waals surface area contributed by atoms with E-state index in [-0.39, 0.29) is 6.04 Å². The minimum absolute atomic E-state index is 0.191. The maximum absolute atomic E-state index is 6.36. The van der Waals surface area contributed by atoms with E-state index in [1.807, 2.05) is 12.4 Å². The lowest BCUT2D eigenvalue weighted by molar-refractivity contribution is 0.0768. The minimum Gasteiger partial charge on any atom is -0.378 e. The van der Waals surface area contributed by atoms with Gasteiger partial charge in [-0.05, 0) is 47.2 Å². The van der Waals surface area contributed by atoms with Gasteiger partial charge in [-0.2, -0.15) is 0 Å². The summed E-state index contributed by atoms with van der Waals surface area (Å²) in [6, 6.07) is 6.95. The van der Waals surface area contributed by atoms with Gasteiger partial charge in [-0.1, -0.05) is 24.6 Å². The van der Waals surface area contributed by atoms with Crippen molar-refractivity contribution in [1.82, 2.24) is 15.3 Å². The largest absolute Gasteiger partial charge is 0.378 e. The van der Waals surface area contributed by atoms with Crippen molar-refractivity contribution in [2.45, 2.75) is 25.8 Å². The van der Waals surface area contributed by atoms with Crippen molar-refractivity contribution in [3.63, 3.8) is 0 Å². The van der Waals surface area contributed by atoms with E-state index in [4.69, 9.17) is 16.3 Å². The zero-order valence-corrected chi connectivity index (χ0v) is 16.6. The number of H-pyrrole nitrogens is 1. The van der Waals surface area contributed by atoms with E-state index in [2.05, 4.69) is 45.4 Å². The summed E-state index contributed by atoms with van der Waals surface area (Å²) < 4.78 is 5.73. The van der Waals surface area contributed by atoms with E-state index in [1.54, 1.807) is 0 Å². The first-order chi connectivity index (χ1) is 13.7. The number of ether oxygens (including phenoxy) is 1. The summed E-state index contributed by atoms with van der Waals surface area (Å²) >= 11 is 6.36. The number of nitrogens with zero attached hydrogens (tertiary/aromatic N) is 2. The number of benzene rings is 1. The fraction of sp³-hybridized carbons (Fsp3) is 0.364. The molecule has 1 fully saturated rings. The van der Waals surface area contributed by atoms with Crippen LogP contribution in [0.25, 0.3) is 22.2 Å². The summed E-state index contributed by atoms with van der Waals surface area (Å²) in [6.45, 7) is 5.28. The summed E-state index contributed by atoms with van der Waals surface area (Å²) in [4.78, 5) is 12.3. The average Bonchev–Trinajstić information content (AvgIpc) is 3.07. The fourth-order valence-corrected chi connectivity index (χ4v) is 4.58. The first-order valence-corrected chi connectivity index (χ1v) is 10.3. The van der Waals surface area contributed by atoms with Crippen LogP contribution in [-0.2, 0) is 17.6 Å². The van der Waals surface area contributed by atoms with Crippen LogP contribution in [0.2, 0.25) is 5.15 Å².